The highest BCUT2D eigenvalue weighted by atomic mass is 16.5. The van der Waals surface area contributed by atoms with Gasteiger partial charge in [-0.3, -0.25) is 9.78 Å². The lowest BCUT2D eigenvalue weighted by atomic mass is 10.2. The van der Waals surface area contributed by atoms with Crippen LogP contribution in [0, 0.1) is 18.3 Å². The first-order chi connectivity index (χ1) is 10.1. The summed E-state index contributed by atoms with van der Waals surface area (Å²) in [4.78, 5) is 16.1. The molecule has 21 heavy (non-hydrogen) atoms. The monoisotopic (exact) mass is 281 g/mol. The van der Waals surface area contributed by atoms with E-state index in [9.17, 15) is 4.79 Å². The zero-order chi connectivity index (χ0) is 15.2. The molecule has 0 bridgehead atoms. The fourth-order valence-corrected chi connectivity index (χ4v) is 1.73. The molecule has 5 nitrogen and oxygen atoms in total. The Labute approximate surface area is 123 Å². The fourth-order valence-electron chi connectivity index (χ4n) is 1.73. The number of benzene rings is 1. The number of anilines is 1. The molecular weight excluding hydrogens is 266 g/mol. The topological polar surface area (TPSA) is 75.0 Å². The Hall–Kier alpha value is -2.87. The van der Waals surface area contributed by atoms with Gasteiger partial charge in [0.25, 0.3) is 5.91 Å². The van der Waals surface area contributed by atoms with Crippen LogP contribution in [-0.2, 0) is 4.79 Å². The maximum absolute atomic E-state index is 12.0. The van der Waals surface area contributed by atoms with Crippen molar-refractivity contribution in [2.75, 3.05) is 5.32 Å². The average molecular weight is 281 g/mol. The van der Waals surface area contributed by atoms with Crippen molar-refractivity contribution in [2.45, 2.75) is 20.0 Å². The standard InChI is InChI=1S/C16H15N3O2/c1-11-9-14(7-8-18-11)19-16(20)12(2)21-15-5-3-13(10-17)4-6-15/h3-9,12H,1-2H3,(H,18,19,20)/t12-/m1/s1. The highest BCUT2D eigenvalue weighted by molar-refractivity contribution is 5.94. The van der Waals surface area contributed by atoms with Crippen LogP contribution in [0.15, 0.2) is 42.6 Å². The van der Waals surface area contributed by atoms with Gasteiger partial charge in [-0.1, -0.05) is 0 Å². The molecule has 1 aromatic carbocycles. The van der Waals surface area contributed by atoms with Gasteiger partial charge in [-0.05, 0) is 50.2 Å². The van der Waals surface area contributed by atoms with Crippen LogP contribution in [-0.4, -0.2) is 17.0 Å². The van der Waals surface area contributed by atoms with E-state index in [0.29, 0.717) is 17.0 Å². The molecule has 1 N–H and O–H groups in total. The van der Waals surface area contributed by atoms with E-state index in [1.165, 1.54) is 0 Å². The van der Waals surface area contributed by atoms with Crippen LogP contribution in [0.1, 0.15) is 18.2 Å². The summed E-state index contributed by atoms with van der Waals surface area (Å²) in [5.41, 5.74) is 2.06. The summed E-state index contributed by atoms with van der Waals surface area (Å²) >= 11 is 0. The minimum absolute atomic E-state index is 0.245. The number of nitrogens with one attached hydrogen (secondary N) is 1. The summed E-state index contributed by atoms with van der Waals surface area (Å²) in [6, 6.07) is 12.2. The molecule has 1 aromatic heterocycles. The highest BCUT2D eigenvalue weighted by Crippen LogP contribution is 2.14. The first-order valence-electron chi connectivity index (χ1n) is 6.49. The Kier molecular flexibility index (Phi) is 4.52. The van der Waals surface area contributed by atoms with Gasteiger partial charge < -0.3 is 10.1 Å². The molecule has 0 saturated carbocycles. The van der Waals surface area contributed by atoms with Gasteiger partial charge >= 0.3 is 0 Å². The normalized spacial score (nSPS) is 11.3. The Morgan fingerprint density at radius 3 is 2.67 bits per heavy atom. The molecule has 1 heterocycles. The van der Waals surface area contributed by atoms with E-state index in [1.807, 2.05) is 13.0 Å². The predicted molar refractivity (Wildman–Crippen MR) is 78.9 cm³/mol. The van der Waals surface area contributed by atoms with Crippen molar-refractivity contribution in [1.29, 1.82) is 5.26 Å². The van der Waals surface area contributed by atoms with Gasteiger partial charge in [0.05, 0.1) is 11.6 Å². The Balaban J connectivity index is 1.97. The van der Waals surface area contributed by atoms with Crippen LogP contribution >= 0.6 is 0 Å². The number of carbonyl (C=O) groups excluding carboxylic acids is 1. The third kappa shape index (κ3) is 4.05. The maximum Gasteiger partial charge on any atom is 0.265 e. The Bertz CT molecular complexity index is 675. The second kappa shape index (κ2) is 6.53. The van der Waals surface area contributed by atoms with Crippen molar-refractivity contribution in [1.82, 2.24) is 4.98 Å². The lowest BCUT2D eigenvalue weighted by Crippen LogP contribution is -2.30. The van der Waals surface area contributed by atoms with E-state index in [4.69, 9.17) is 10.00 Å². The molecule has 2 rings (SSSR count). The van der Waals surface area contributed by atoms with Crippen LogP contribution in [0.25, 0.3) is 0 Å². The summed E-state index contributed by atoms with van der Waals surface area (Å²) in [7, 11) is 0. The second-order valence-corrected chi connectivity index (χ2v) is 4.57. The number of amides is 1. The Morgan fingerprint density at radius 1 is 1.33 bits per heavy atom. The van der Waals surface area contributed by atoms with Gasteiger partial charge in [0, 0.05) is 17.6 Å². The number of aromatic nitrogens is 1. The number of carbonyl (C=O) groups is 1. The number of hydrogen-bond acceptors (Lipinski definition) is 4. The summed E-state index contributed by atoms with van der Waals surface area (Å²) in [6.45, 7) is 3.52. The van der Waals surface area contributed by atoms with Gasteiger partial charge in [-0.25, -0.2) is 0 Å². The predicted octanol–water partition coefficient (Wildman–Crippen LogP) is 2.67. The van der Waals surface area contributed by atoms with Gasteiger partial charge in [-0.2, -0.15) is 5.26 Å². The summed E-state index contributed by atoms with van der Waals surface area (Å²) in [6.07, 6.45) is 0.989. The number of ether oxygens (including phenoxy) is 1. The summed E-state index contributed by atoms with van der Waals surface area (Å²) < 4.78 is 5.54. The zero-order valence-electron chi connectivity index (χ0n) is 11.8. The molecule has 0 aliphatic rings. The quantitative estimate of drug-likeness (QED) is 0.934. The molecule has 1 amide bonds. The van der Waals surface area contributed by atoms with Gasteiger partial charge in [0.1, 0.15) is 5.75 Å². The lowest BCUT2D eigenvalue weighted by molar-refractivity contribution is -0.122. The van der Waals surface area contributed by atoms with Crippen molar-refractivity contribution in [2.24, 2.45) is 0 Å². The SMILES string of the molecule is Cc1cc(NC(=O)[C@@H](C)Oc2ccc(C#N)cc2)ccn1. The van der Waals surface area contributed by atoms with Gasteiger partial charge in [0.2, 0.25) is 0 Å². The van der Waals surface area contributed by atoms with Gasteiger partial charge in [-0.15, -0.1) is 0 Å². The van der Waals surface area contributed by atoms with Crippen molar-refractivity contribution in [3.8, 4) is 11.8 Å². The van der Waals surface area contributed by atoms with Crippen molar-refractivity contribution in [3.63, 3.8) is 0 Å². The first kappa shape index (κ1) is 14.5. The first-order valence-corrected chi connectivity index (χ1v) is 6.49. The van der Waals surface area contributed by atoms with Crippen molar-refractivity contribution < 1.29 is 9.53 Å². The number of nitriles is 1. The molecule has 5 heteroatoms. The van der Waals surface area contributed by atoms with E-state index >= 15 is 0 Å². The summed E-state index contributed by atoms with van der Waals surface area (Å²) in [5, 5.41) is 11.5. The third-order valence-electron chi connectivity index (χ3n) is 2.83. The van der Waals surface area contributed by atoms with E-state index in [0.717, 1.165) is 5.69 Å². The number of rotatable bonds is 4. The minimum atomic E-state index is -0.647. The van der Waals surface area contributed by atoms with Crippen LogP contribution in [0.2, 0.25) is 0 Å². The largest absolute Gasteiger partial charge is 0.481 e. The smallest absolute Gasteiger partial charge is 0.265 e. The molecule has 0 aliphatic heterocycles. The number of pyridine rings is 1. The lowest BCUT2D eigenvalue weighted by Gasteiger charge is -2.14. The molecule has 0 radical (unpaired) electrons. The molecule has 0 unspecified atom stereocenters. The average Bonchev–Trinajstić information content (AvgIpc) is 2.48. The molecule has 0 fully saturated rings. The van der Waals surface area contributed by atoms with Crippen LogP contribution < -0.4 is 10.1 Å². The van der Waals surface area contributed by atoms with E-state index < -0.39 is 6.10 Å². The van der Waals surface area contributed by atoms with E-state index in [-0.39, 0.29) is 5.91 Å². The van der Waals surface area contributed by atoms with E-state index in [1.54, 1.807) is 49.5 Å². The highest BCUT2D eigenvalue weighted by Gasteiger charge is 2.15. The van der Waals surface area contributed by atoms with Crippen LogP contribution in [0.5, 0.6) is 5.75 Å². The third-order valence-corrected chi connectivity index (χ3v) is 2.83. The van der Waals surface area contributed by atoms with Gasteiger partial charge in [0.15, 0.2) is 6.10 Å². The molecule has 0 spiro atoms. The molecular formula is C16H15N3O2. The van der Waals surface area contributed by atoms with E-state index in [2.05, 4.69) is 10.3 Å². The van der Waals surface area contributed by atoms with Crippen molar-refractivity contribution in [3.05, 3.63) is 53.9 Å². The number of hydrogen-bond donors (Lipinski definition) is 1. The zero-order valence-corrected chi connectivity index (χ0v) is 11.8. The molecule has 0 aliphatic carbocycles. The molecule has 0 saturated heterocycles. The number of aryl methyl sites for hydroxylation is 1. The summed E-state index contributed by atoms with van der Waals surface area (Å²) in [5.74, 6) is 0.299. The fraction of sp³-hybridized carbons (Fsp3) is 0.188. The minimum Gasteiger partial charge on any atom is -0.481 e. The molecule has 106 valence electrons. The number of nitrogens with zero attached hydrogens (tertiary/aromatic N) is 2. The second-order valence-electron chi connectivity index (χ2n) is 4.57. The maximum atomic E-state index is 12.0. The van der Waals surface area contributed by atoms with Crippen LogP contribution in [0.4, 0.5) is 5.69 Å². The Morgan fingerprint density at radius 2 is 2.05 bits per heavy atom. The molecule has 2 aromatic rings. The molecule has 1 atom stereocenters. The van der Waals surface area contributed by atoms with Crippen molar-refractivity contribution >= 4 is 11.6 Å². The van der Waals surface area contributed by atoms with Crippen LogP contribution in [0.3, 0.4) is 0 Å².